The van der Waals surface area contributed by atoms with Crippen LogP contribution in [0.3, 0.4) is 0 Å². The van der Waals surface area contributed by atoms with Gasteiger partial charge >= 0.3 is 0 Å². The minimum absolute atomic E-state index is 0.0327. The number of rotatable bonds is 3. The number of carbonyl (C=O) groups is 2. The normalized spacial score (nSPS) is 18.6. The molecule has 0 spiro atoms. The number of amides is 2. The molecule has 19 heavy (non-hydrogen) atoms. The molecule has 1 aromatic carbocycles. The molecule has 0 unspecified atom stereocenters. The summed E-state index contributed by atoms with van der Waals surface area (Å²) in [5, 5.41) is 2.54. The second kappa shape index (κ2) is 5.26. The molecule has 1 aliphatic heterocycles. The highest BCUT2D eigenvalue weighted by Crippen LogP contribution is 2.28. The van der Waals surface area contributed by atoms with Gasteiger partial charge in [0.05, 0.1) is 12.8 Å². The molecular formula is C13H15FN2O3. The van der Waals surface area contributed by atoms with Gasteiger partial charge in [0.2, 0.25) is 11.8 Å². The molecule has 1 aromatic rings. The van der Waals surface area contributed by atoms with Crippen LogP contribution in [0, 0.1) is 11.7 Å². The van der Waals surface area contributed by atoms with Crippen molar-refractivity contribution >= 4 is 17.5 Å². The number of halogens is 1. The summed E-state index contributed by atoms with van der Waals surface area (Å²) < 4.78 is 18.4. The summed E-state index contributed by atoms with van der Waals surface area (Å²) in [6.07, 6.45) is 0.471. The van der Waals surface area contributed by atoms with Crippen LogP contribution in [-0.4, -0.2) is 37.4 Å². The molecule has 0 aliphatic carbocycles. The van der Waals surface area contributed by atoms with Crippen LogP contribution in [0.15, 0.2) is 18.2 Å². The zero-order chi connectivity index (χ0) is 14.0. The summed E-state index contributed by atoms with van der Waals surface area (Å²) >= 11 is 0. The molecule has 0 bridgehead atoms. The minimum Gasteiger partial charge on any atom is -0.492 e. The zero-order valence-corrected chi connectivity index (χ0v) is 10.8. The number of methoxy groups -OCH3 is 1. The van der Waals surface area contributed by atoms with E-state index in [1.54, 1.807) is 7.05 Å². The van der Waals surface area contributed by atoms with Crippen LogP contribution in [0.4, 0.5) is 10.1 Å². The first-order valence-electron chi connectivity index (χ1n) is 5.93. The van der Waals surface area contributed by atoms with Crippen LogP contribution in [0.25, 0.3) is 0 Å². The molecule has 5 nitrogen and oxygen atoms in total. The highest BCUT2D eigenvalue weighted by molar-refractivity contribution is 6.07. The maximum Gasteiger partial charge on any atom is 0.237 e. The number of hydrogen-bond acceptors (Lipinski definition) is 3. The fourth-order valence-electron chi connectivity index (χ4n) is 2.10. The van der Waals surface area contributed by atoms with Crippen LogP contribution < -0.4 is 10.1 Å². The Hall–Kier alpha value is -2.11. The van der Waals surface area contributed by atoms with Gasteiger partial charge in [0, 0.05) is 13.6 Å². The summed E-state index contributed by atoms with van der Waals surface area (Å²) in [5.41, 5.74) is 0.231. The summed E-state index contributed by atoms with van der Waals surface area (Å²) in [6.45, 7) is 0.553. The first-order chi connectivity index (χ1) is 9.04. The van der Waals surface area contributed by atoms with Gasteiger partial charge in [0.15, 0.2) is 11.6 Å². The van der Waals surface area contributed by atoms with E-state index in [1.807, 2.05) is 0 Å². The molecule has 0 aromatic heterocycles. The summed E-state index contributed by atoms with van der Waals surface area (Å²) in [7, 11) is 2.97. The number of para-hydroxylation sites is 1. The van der Waals surface area contributed by atoms with Crippen LogP contribution in [0.2, 0.25) is 0 Å². The van der Waals surface area contributed by atoms with Crippen molar-refractivity contribution in [3.8, 4) is 5.75 Å². The number of ether oxygens (including phenoxy) is 1. The fourth-order valence-corrected chi connectivity index (χ4v) is 2.10. The van der Waals surface area contributed by atoms with E-state index in [4.69, 9.17) is 4.74 Å². The van der Waals surface area contributed by atoms with E-state index >= 15 is 0 Å². The van der Waals surface area contributed by atoms with Gasteiger partial charge in [0.1, 0.15) is 5.92 Å². The molecular weight excluding hydrogens is 251 g/mol. The number of likely N-dealkylation sites (tertiary alicyclic amines) is 1. The molecule has 2 rings (SSSR count). The third-order valence-corrected chi connectivity index (χ3v) is 3.17. The van der Waals surface area contributed by atoms with Crippen molar-refractivity contribution in [3.05, 3.63) is 24.0 Å². The minimum atomic E-state index is -0.710. The van der Waals surface area contributed by atoms with E-state index in [9.17, 15) is 14.0 Å². The Morgan fingerprint density at radius 1 is 1.53 bits per heavy atom. The average Bonchev–Trinajstić information content (AvgIpc) is 2.70. The SMILES string of the molecule is COc1c(F)cccc1NC(=O)[C@@H]1CCN(C)C1=O. The lowest BCUT2D eigenvalue weighted by atomic mass is 10.1. The van der Waals surface area contributed by atoms with E-state index in [0.717, 1.165) is 0 Å². The zero-order valence-electron chi connectivity index (χ0n) is 10.8. The Morgan fingerprint density at radius 3 is 2.84 bits per heavy atom. The molecule has 0 saturated carbocycles. The van der Waals surface area contributed by atoms with Crippen molar-refractivity contribution in [1.82, 2.24) is 4.90 Å². The molecule has 1 atom stereocenters. The van der Waals surface area contributed by atoms with Crippen LogP contribution >= 0.6 is 0 Å². The maximum absolute atomic E-state index is 13.5. The molecule has 1 fully saturated rings. The van der Waals surface area contributed by atoms with Gasteiger partial charge in [-0.25, -0.2) is 4.39 Å². The third kappa shape index (κ3) is 2.52. The van der Waals surface area contributed by atoms with Gasteiger partial charge in [-0.2, -0.15) is 0 Å². The number of hydrogen-bond donors (Lipinski definition) is 1. The highest BCUT2D eigenvalue weighted by atomic mass is 19.1. The molecule has 1 heterocycles. The van der Waals surface area contributed by atoms with Gasteiger partial charge in [0.25, 0.3) is 0 Å². The van der Waals surface area contributed by atoms with Gasteiger partial charge in [-0.1, -0.05) is 6.07 Å². The van der Waals surface area contributed by atoms with E-state index in [0.29, 0.717) is 13.0 Å². The average molecular weight is 266 g/mol. The van der Waals surface area contributed by atoms with E-state index < -0.39 is 17.6 Å². The molecule has 1 aliphatic rings. The van der Waals surface area contributed by atoms with Gasteiger partial charge in [-0.15, -0.1) is 0 Å². The summed E-state index contributed by atoms with van der Waals surface area (Å²) in [5.74, 6) is -1.95. The van der Waals surface area contributed by atoms with Crippen molar-refractivity contribution in [2.24, 2.45) is 5.92 Å². The van der Waals surface area contributed by atoms with E-state index in [-0.39, 0.29) is 17.3 Å². The van der Waals surface area contributed by atoms with Gasteiger partial charge < -0.3 is 15.0 Å². The third-order valence-electron chi connectivity index (χ3n) is 3.17. The second-order valence-electron chi connectivity index (χ2n) is 4.41. The first-order valence-corrected chi connectivity index (χ1v) is 5.93. The topological polar surface area (TPSA) is 58.6 Å². The van der Waals surface area contributed by atoms with Crippen molar-refractivity contribution in [2.75, 3.05) is 26.0 Å². The number of anilines is 1. The first kappa shape index (κ1) is 13.3. The lowest BCUT2D eigenvalue weighted by Gasteiger charge is -2.13. The van der Waals surface area contributed by atoms with Crippen molar-refractivity contribution in [1.29, 1.82) is 0 Å². The molecule has 2 amide bonds. The van der Waals surface area contributed by atoms with E-state index in [1.165, 1.54) is 30.2 Å². The standard InChI is InChI=1S/C13H15FN2O3/c1-16-7-6-8(13(16)18)12(17)15-10-5-3-4-9(14)11(10)19-2/h3-5,8H,6-7H2,1-2H3,(H,15,17)/t8-/m0/s1. The van der Waals surface area contributed by atoms with Crippen LogP contribution in [-0.2, 0) is 9.59 Å². The predicted octanol–water partition coefficient (Wildman–Crippen LogP) is 1.25. The molecule has 1 N–H and O–H groups in total. The Balaban J connectivity index is 2.16. The number of carbonyl (C=O) groups excluding carboxylic acids is 2. The Kier molecular flexibility index (Phi) is 3.69. The molecule has 6 heteroatoms. The smallest absolute Gasteiger partial charge is 0.237 e. The van der Waals surface area contributed by atoms with Crippen molar-refractivity contribution < 1.29 is 18.7 Å². The van der Waals surface area contributed by atoms with Gasteiger partial charge in [-0.05, 0) is 18.6 Å². The lowest BCUT2D eigenvalue weighted by molar-refractivity contribution is -0.134. The van der Waals surface area contributed by atoms with E-state index in [2.05, 4.69) is 5.32 Å². The Morgan fingerprint density at radius 2 is 2.26 bits per heavy atom. The molecule has 102 valence electrons. The maximum atomic E-state index is 13.5. The summed E-state index contributed by atoms with van der Waals surface area (Å²) in [4.78, 5) is 25.2. The second-order valence-corrected chi connectivity index (χ2v) is 4.41. The monoisotopic (exact) mass is 266 g/mol. The van der Waals surface area contributed by atoms with Crippen LogP contribution in [0.1, 0.15) is 6.42 Å². The quantitative estimate of drug-likeness (QED) is 0.838. The largest absolute Gasteiger partial charge is 0.492 e. The Labute approximate surface area is 110 Å². The number of benzene rings is 1. The summed E-state index contributed by atoms with van der Waals surface area (Å²) in [6, 6.07) is 4.24. The van der Waals surface area contributed by atoms with Crippen LogP contribution in [0.5, 0.6) is 5.75 Å². The highest BCUT2D eigenvalue weighted by Gasteiger charge is 2.35. The van der Waals surface area contributed by atoms with Crippen molar-refractivity contribution in [2.45, 2.75) is 6.42 Å². The van der Waals surface area contributed by atoms with Gasteiger partial charge in [-0.3, -0.25) is 9.59 Å². The molecule has 0 radical (unpaired) electrons. The Bertz CT molecular complexity index is 519. The number of nitrogens with zero attached hydrogens (tertiary/aromatic N) is 1. The van der Waals surface area contributed by atoms with Crippen molar-refractivity contribution in [3.63, 3.8) is 0 Å². The number of nitrogens with one attached hydrogen (secondary N) is 1. The molecule has 1 saturated heterocycles. The lowest BCUT2D eigenvalue weighted by Crippen LogP contribution is -2.31. The predicted molar refractivity (Wildman–Crippen MR) is 67.3 cm³/mol. The fraction of sp³-hybridized carbons (Fsp3) is 0.385.